The molecule has 1 aromatic heterocycles. The number of aryl methyl sites for hydroxylation is 2. The molecule has 1 aliphatic carbocycles. The molecular weight excluding hydrogens is 250 g/mol. The first kappa shape index (κ1) is 13.0. The zero-order valence-corrected chi connectivity index (χ0v) is 11.7. The van der Waals surface area contributed by atoms with Crippen LogP contribution in [0.2, 0.25) is 0 Å². The summed E-state index contributed by atoms with van der Waals surface area (Å²) in [6, 6.07) is 12.1. The fourth-order valence-electron chi connectivity index (χ4n) is 2.93. The van der Waals surface area contributed by atoms with E-state index in [0.29, 0.717) is 18.2 Å². The van der Waals surface area contributed by atoms with Crippen LogP contribution in [0, 0.1) is 6.92 Å². The van der Waals surface area contributed by atoms with Crippen molar-refractivity contribution in [3.05, 3.63) is 59.0 Å². The molecular formula is C17H19NO2. The average Bonchev–Trinajstić information content (AvgIpc) is 2.91. The summed E-state index contributed by atoms with van der Waals surface area (Å²) >= 11 is 0. The van der Waals surface area contributed by atoms with Crippen LogP contribution in [0.15, 0.2) is 40.8 Å². The molecule has 1 aliphatic rings. The number of furan rings is 1. The highest BCUT2D eigenvalue weighted by atomic mass is 16.3. The highest BCUT2D eigenvalue weighted by Crippen LogP contribution is 2.30. The minimum Gasteiger partial charge on any atom is -0.456 e. The van der Waals surface area contributed by atoms with E-state index < -0.39 is 0 Å². The summed E-state index contributed by atoms with van der Waals surface area (Å²) < 4.78 is 5.34. The van der Waals surface area contributed by atoms with E-state index in [1.54, 1.807) is 6.07 Å². The van der Waals surface area contributed by atoms with Crippen molar-refractivity contribution in [3.63, 3.8) is 0 Å². The second-order valence-corrected chi connectivity index (χ2v) is 5.41. The second-order valence-electron chi connectivity index (χ2n) is 5.41. The Morgan fingerprint density at radius 2 is 2.15 bits per heavy atom. The molecule has 0 saturated carbocycles. The van der Waals surface area contributed by atoms with Crippen molar-refractivity contribution >= 4 is 5.91 Å². The van der Waals surface area contributed by atoms with Gasteiger partial charge >= 0.3 is 0 Å². The van der Waals surface area contributed by atoms with Gasteiger partial charge in [-0.2, -0.15) is 0 Å². The minimum absolute atomic E-state index is 0.124. The van der Waals surface area contributed by atoms with Gasteiger partial charge in [-0.15, -0.1) is 0 Å². The zero-order valence-electron chi connectivity index (χ0n) is 11.7. The number of nitrogens with one attached hydrogen (secondary N) is 1. The second kappa shape index (κ2) is 5.53. The van der Waals surface area contributed by atoms with Gasteiger partial charge in [0.1, 0.15) is 5.76 Å². The van der Waals surface area contributed by atoms with Gasteiger partial charge in [0.05, 0.1) is 0 Å². The van der Waals surface area contributed by atoms with Crippen LogP contribution in [0.1, 0.15) is 46.2 Å². The Hall–Kier alpha value is -2.03. The molecule has 104 valence electrons. The molecule has 1 amide bonds. The molecule has 1 unspecified atom stereocenters. The van der Waals surface area contributed by atoms with Crippen molar-refractivity contribution in [1.82, 2.24) is 5.32 Å². The molecule has 3 rings (SSSR count). The van der Waals surface area contributed by atoms with Crippen LogP contribution in [-0.4, -0.2) is 12.5 Å². The summed E-state index contributed by atoms with van der Waals surface area (Å²) in [7, 11) is 0. The molecule has 0 spiro atoms. The Kier molecular flexibility index (Phi) is 3.59. The van der Waals surface area contributed by atoms with Crippen molar-refractivity contribution in [2.45, 2.75) is 32.1 Å². The van der Waals surface area contributed by atoms with E-state index >= 15 is 0 Å². The quantitative estimate of drug-likeness (QED) is 0.927. The maximum Gasteiger partial charge on any atom is 0.287 e. The molecule has 0 aliphatic heterocycles. The topological polar surface area (TPSA) is 42.2 Å². The fourth-order valence-corrected chi connectivity index (χ4v) is 2.93. The summed E-state index contributed by atoms with van der Waals surface area (Å²) in [6.45, 7) is 2.52. The third-order valence-corrected chi connectivity index (χ3v) is 3.97. The molecule has 0 saturated heterocycles. The van der Waals surface area contributed by atoms with Gasteiger partial charge in [-0.05, 0) is 49.4 Å². The Labute approximate surface area is 119 Å². The molecule has 1 N–H and O–H groups in total. The molecule has 3 heteroatoms. The number of fused-ring (bicyclic) bond motifs is 1. The number of amides is 1. The lowest BCUT2D eigenvalue weighted by molar-refractivity contribution is 0.0921. The van der Waals surface area contributed by atoms with E-state index in [1.807, 2.05) is 13.0 Å². The predicted octanol–water partition coefficient (Wildman–Crippen LogP) is 3.44. The number of hydrogen-bond acceptors (Lipinski definition) is 2. The largest absolute Gasteiger partial charge is 0.456 e. The Balaban J connectivity index is 1.66. The van der Waals surface area contributed by atoms with Crippen molar-refractivity contribution < 1.29 is 9.21 Å². The smallest absolute Gasteiger partial charge is 0.287 e. The van der Waals surface area contributed by atoms with Crippen LogP contribution in [0.3, 0.4) is 0 Å². The monoisotopic (exact) mass is 269 g/mol. The highest BCUT2D eigenvalue weighted by molar-refractivity contribution is 5.91. The summed E-state index contributed by atoms with van der Waals surface area (Å²) in [4.78, 5) is 12.0. The molecule has 0 bridgehead atoms. The molecule has 1 heterocycles. The lowest BCUT2D eigenvalue weighted by Gasteiger charge is -2.25. The lowest BCUT2D eigenvalue weighted by atomic mass is 9.83. The van der Waals surface area contributed by atoms with Crippen molar-refractivity contribution in [2.75, 3.05) is 6.54 Å². The standard InChI is InChI=1S/C17H19NO2/c1-12-9-10-16(20-12)17(19)18-11-14-7-4-6-13-5-2-3-8-15(13)14/h2-3,5,8-10,14H,4,6-7,11H2,1H3,(H,18,19). The Morgan fingerprint density at radius 1 is 1.30 bits per heavy atom. The highest BCUT2D eigenvalue weighted by Gasteiger charge is 2.20. The Bertz CT molecular complexity index is 615. The zero-order chi connectivity index (χ0) is 13.9. The Morgan fingerprint density at radius 3 is 2.95 bits per heavy atom. The van der Waals surface area contributed by atoms with Gasteiger partial charge in [-0.3, -0.25) is 4.79 Å². The van der Waals surface area contributed by atoms with E-state index in [4.69, 9.17) is 4.42 Å². The van der Waals surface area contributed by atoms with Crippen LogP contribution in [0.4, 0.5) is 0 Å². The molecule has 1 aromatic carbocycles. The molecule has 0 radical (unpaired) electrons. The third kappa shape index (κ3) is 2.62. The van der Waals surface area contributed by atoms with E-state index in [9.17, 15) is 4.79 Å². The van der Waals surface area contributed by atoms with Crippen molar-refractivity contribution in [2.24, 2.45) is 0 Å². The first-order chi connectivity index (χ1) is 9.74. The van der Waals surface area contributed by atoms with E-state index in [2.05, 4.69) is 29.6 Å². The van der Waals surface area contributed by atoms with Crippen LogP contribution in [-0.2, 0) is 6.42 Å². The fraction of sp³-hybridized carbons (Fsp3) is 0.353. The third-order valence-electron chi connectivity index (χ3n) is 3.97. The molecule has 2 aromatic rings. The molecule has 1 atom stereocenters. The SMILES string of the molecule is Cc1ccc(C(=O)NCC2CCCc3ccccc32)o1. The van der Waals surface area contributed by atoms with Gasteiger partial charge in [0.2, 0.25) is 0 Å². The predicted molar refractivity (Wildman–Crippen MR) is 77.9 cm³/mol. The molecule has 0 fully saturated rings. The summed E-state index contributed by atoms with van der Waals surface area (Å²) in [5.41, 5.74) is 2.81. The average molecular weight is 269 g/mol. The van der Waals surface area contributed by atoms with Gasteiger partial charge in [-0.25, -0.2) is 0 Å². The van der Waals surface area contributed by atoms with E-state index in [0.717, 1.165) is 18.6 Å². The summed E-state index contributed by atoms with van der Waals surface area (Å²) in [6.07, 6.45) is 3.48. The minimum atomic E-state index is -0.124. The normalized spacial score (nSPS) is 17.6. The van der Waals surface area contributed by atoms with Crippen LogP contribution < -0.4 is 5.32 Å². The van der Waals surface area contributed by atoms with Gasteiger partial charge < -0.3 is 9.73 Å². The van der Waals surface area contributed by atoms with Gasteiger partial charge in [-0.1, -0.05) is 24.3 Å². The number of rotatable bonds is 3. The van der Waals surface area contributed by atoms with Crippen LogP contribution in [0.5, 0.6) is 0 Å². The van der Waals surface area contributed by atoms with E-state index in [-0.39, 0.29) is 5.91 Å². The number of hydrogen-bond donors (Lipinski definition) is 1. The van der Waals surface area contributed by atoms with Crippen molar-refractivity contribution in [1.29, 1.82) is 0 Å². The number of carbonyl (C=O) groups is 1. The lowest BCUT2D eigenvalue weighted by Crippen LogP contribution is -2.29. The van der Waals surface area contributed by atoms with Crippen LogP contribution >= 0.6 is 0 Å². The maximum atomic E-state index is 12.0. The maximum absolute atomic E-state index is 12.0. The number of benzene rings is 1. The molecule has 20 heavy (non-hydrogen) atoms. The van der Waals surface area contributed by atoms with Gasteiger partial charge in [0, 0.05) is 12.5 Å². The first-order valence-electron chi connectivity index (χ1n) is 7.16. The number of carbonyl (C=O) groups excluding carboxylic acids is 1. The summed E-state index contributed by atoms with van der Waals surface area (Å²) in [5.74, 6) is 1.45. The van der Waals surface area contributed by atoms with E-state index in [1.165, 1.54) is 17.5 Å². The molecule has 3 nitrogen and oxygen atoms in total. The van der Waals surface area contributed by atoms with Crippen LogP contribution in [0.25, 0.3) is 0 Å². The van der Waals surface area contributed by atoms with Gasteiger partial charge in [0.15, 0.2) is 5.76 Å². The first-order valence-corrected chi connectivity index (χ1v) is 7.16. The van der Waals surface area contributed by atoms with Gasteiger partial charge in [0.25, 0.3) is 5.91 Å². The van der Waals surface area contributed by atoms with Crippen molar-refractivity contribution in [3.8, 4) is 0 Å². The summed E-state index contributed by atoms with van der Waals surface area (Å²) in [5, 5.41) is 2.99.